The molecular weight excluding hydrogens is 521 g/mol. The Balaban J connectivity index is 0.00000480. The lowest BCUT2D eigenvalue weighted by atomic mass is 10.1. The number of hydrogen-bond acceptors (Lipinski definition) is 5. The van der Waals surface area contributed by atoms with E-state index in [1.807, 2.05) is 27.7 Å². The first kappa shape index (κ1) is 26.9. The predicted octanol–water partition coefficient (Wildman–Crippen LogP) is 4.60. The van der Waals surface area contributed by atoms with Crippen LogP contribution >= 0.6 is 24.0 Å². The fraction of sp³-hybridized carbons (Fsp3) is 0.524. The number of halogens is 3. The molecule has 0 aliphatic heterocycles. The van der Waals surface area contributed by atoms with E-state index < -0.39 is 6.61 Å². The highest BCUT2D eigenvalue weighted by Gasteiger charge is 2.12. The summed E-state index contributed by atoms with van der Waals surface area (Å²) in [5, 5.41) is 10.3. The van der Waals surface area contributed by atoms with Crippen molar-refractivity contribution in [3.63, 3.8) is 0 Å². The van der Waals surface area contributed by atoms with Gasteiger partial charge < -0.3 is 24.6 Å². The fourth-order valence-corrected chi connectivity index (χ4v) is 2.85. The van der Waals surface area contributed by atoms with E-state index >= 15 is 0 Å². The van der Waals surface area contributed by atoms with Gasteiger partial charge in [0.1, 0.15) is 17.3 Å². The minimum absolute atomic E-state index is 0. The number of guanidine groups is 1. The average molecular weight is 552 g/mol. The smallest absolute Gasteiger partial charge is 0.387 e. The van der Waals surface area contributed by atoms with Gasteiger partial charge >= 0.3 is 6.61 Å². The molecule has 0 radical (unpaired) electrons. The summed E-state index contributed by atoms with van der Waals surface area (Å²) >= 11 is 0. The van der Waals surface area contributed by atoms with Crippen LogP contribution in [0.1, 0.15) is 42.8 Å². The highest BCUT2D eigenvalue weighted by atomic mass is 127. The van der Waals surface area contributed by atoms with Gasteiger partial charge in [0.25, 0.3) is 0 Å². The molecule has 31 heavy (non-hydrogen) atoms. The van der Waals surface area contributed by atoms with Crippen LogP contribution in [0, 0.1) is 13.8 Å². The molecule has 0 bridgehead atoms. The summed E-state index contributed by atoms with van der Waals surface area (Å²) in [5.41, 5.74) is 2.48. The zero-order valence-electron chi connectivity index (χ0n) is 18.3. The molecule has 174 valence electrons. The third-order valence-corrected chi connectivity index (χ3v) is 4.33. The van der Waals surface area contributed by atoms with Crippen LogP contribution < -0.4 is 20.1 Å². The molecule has 2 N–H and O–H groups in total. The number of aliphatic imine (C=N–C) groups is 1. The molecule has 0 amide bonds. The number of benzene rings is 1. The summed E-state index contributed by atoms with van der Waals surface area (Å²) in [6.45, 7) is 6.77. The first-order valence-corrected chi connectivity index (χ1v) is 10.1. The Bertz CT molecular complexity index is 811. The molecule has 1 aromatic heterocycles. The molecule has 0 atom stereocenters. The van der Waals surface area contributed by atoms with Crippen LogP contribution in [0.4, 0.5) is 8.78 Å². The molecule has 0 spiro atoms. The van der Waals surface area contributed by atoms with Gasteiger partial charge in [-0.2, -0.15) is 8.78 Å². The Morgan fingerprint density at radius 2 is 2.00 bits per heavy atom. The Morgan fingerprint density at radius 3 is 2.61 bits per heavy atom. The molecule has 0 unspecified atom stereocenters. The summed E-state index contributed by atoms with van der Waals surface area (Å²) < 4.78 is 41.0. The fourth-order valence-electron chi connectivity index (χ4n) is 2.85. The van der Waals surface area contributed by atoms with E-state index in [4.69, 9.17) is 9.26 Å². The van der Waals surface area contributed by atoms with Crippen LogP contribution in [0.15, 0.2) is 27.7 Å². The van der Waals surface area contributed by atoms with Gasteiger partial charge in [0.2, 0.25) is 0 Å². The number of ether oxygens (including phenoxy) is 2. The Hall–Kier alpha value is -2.11. The van der Waals surface area contributed by atoms with Gasteiger partial charge in [-0.15, -0.1) is 24.0 Å². The van der Waals surface area contributed by atoms with Crippen LogP contribution in [-0.2, 0) is 13.0 Å². The lowest BCUT2D eigenvalue weighted by Gasteiger charge is -2.14. The first-order chi connectivity index (χ1) is 14.4. The lowest BCUT2D eigenvalue weighted by Crippen LogP contribution is -2.38. The second kappa shape index (κ2) is 14.0. The van der Waals surface area contributed by atoms with Crippen molar-refractivity contribution in [1.82, 2.24) is 15.8 Å². The van der Waals surface area contributed by atoms with Gasteiger partial charge in [-0.1, -0.05) is 12.1 Å². The molecule has 0 aliphatic carbocycles. The number of alkyl halides is 2. The maximum absolute atomic E-state index is 12.8. The van der Waals surface area contributed by atoms with Crippen molar-refractivity contribution in [3.8, 4) is 11.5 Å². The Morgan fingerprint density at radius 1 is 1.23 bits per heavy atom. The minimum atomic E-state index is -2.92. The van der Waals surface area contributed by atoms with Crippen molar-refractivity contribution in [3.05, 3.63) is 40.8 Å². The monoisotopic (exact) mass is 552 g/mol. The van der Waals surface area contributed by atoms with Crippen molar-refractivity contribution < 1.29 is 22.8 Å². The predicted molar refractivity (Wildman–Crippen MR) is 127 cm³/mol. The normalized spacial score (nSPS) is 11.3. The molecule has 7 nitrogen and oxygen atoms in total. The van der Waals surface area contributed by atoms with Crippen LogP contribution in [0.5, 0.6) is 11.5 Å². The minimum Gasteiger partial charge on any atom is -0.493 e. The summed E-state index contributed by atoms with van der Waals surface area (Å²) in [4.78, 5) is 4.50. The molecule has 2 aromatic rings. The van der Waals surface area contributed by atoms with Crippen molar-refractivity contribution in [2.75, 3.05) is 19.7 Å². The second-order valence-corrected chi connectivity index (χ2v) is 6.67. The van der Waals surface area contributed by atoms with Crippen molar-refractivity contribution in [2.45, 2.75) is 53.7 Å². The quantitative estimate of drug-likeness (QED) is 0.241. The maximum atomic E-state index is 12.8. The highest BCUT2D eigenvalue weighted by Crippen LogP contribution is 2.27. The molecule has 1 heterocycles. The van der Waals surface area contributed by atoms with E-state index in [0.717, 1.165) is 29.9 Å². The summed E-state index contributed by atoms with van der Waals surface area (Å²) in [7, 11) is 0. The standard InChI is InChI=1S/C21H30F2N4O3.HI/c1-5-11-28-17-8-7-16(19(12-17)29-20(22)23)13-26-21(24-6-2)25-10-9-18-14(3)27-30-15(18)4;/h7-8,12,20H,5-6,9-11,13H2,1-4H3,(H2,24,25,26);1H. The molecule has 1 aromatic carbocycles. The average Bonchev–Trinajstić information content (AvgIpc) is 3.03. The van der Waals surface area contributed by atoms with Crippen molar-refractivity contribution in [2.24, 2.45) is 4.99 Å². The third-order valence-electron chi connectivity index (χ3n) is 4.33. The van der Waals surface area contributed by atoms with Crippen molar-refractivity contribution >= 4 is 29.9 Å². The van der Waals surface area contributed by atoms with E-state index in [-0.39, 0.29) is 36.3 Å². The van der Waals surface area contributed by atoms with E-state index in [0.29, 0.717) is 37.0 Å². The van der Waals surface area contributed by atoms with Gasteiger partial charge in [-0.3, -0.25) is 0 Å². The molecule has 2 rings (SSSR count). The number of nitrogens with one attached hydrogen (secondary N) is 2. The SMILES string of the molecule is CCCOc1ccc(CN=C(NCC)NCCc2c(C)noc2C)c(OC(F)F)c1.I. The number of rotatable bonds is 11. The summed E-state index contributed by atoms with van der Waals surface area (Å²) in [5.74, 6) is 1.94. The number of nitrogens with zero attached hydrogens (tertiary/aromatic N) is 2. The first-order valence-electron chi connectivity index (χ1n) is 10.1. The van der Waals surface area contributed by atoms with Crippen LogP contribution in [0.2, 0.25) is 0 Å². The van der Waals surface area contributed by atoms with Gasteiger partial charge in [0, 0.05) is 30.3 Å². The Kier molecular flexibility index (Phi) is 12.2. The van der Waals surface area contributed by atoms with Crippen LogP contribution in [0.3, 0.4) is 0 Å². The van der Waals surface area contributed by atoms with E-state index in [1.54, 1.807) is 12.1 Å². The third kappa shape index (κ3) is 8.88. The van der Waals surface area contributed by atoms with Crippen LogP contribution in [-0.4, -0.2) is 37.4 Å². The largest absolute Gasteiger partial charge is 0.493 e. The topological polar surface area (TPSA) is 80.9 Å². The lowest BCUT2D eigenvalue weighted by molar-refractivity contribution is -0.0505. The maximum Gasteiger partial charge on any atom is 0.387 e. The number of hydrogen-bond donors (Lipinski definition) is 2. The van der Waals surface area contributed by atoms with E-state index in [1.165, 1.54) is 6.07 Å². The number of aryl methyl sites for hydroxylation is 2. The van der Waals surface area contributed by atoms with Gasteiger partial charge in [-0.05, 0) is 45.7 Å². The Labute approximate surface area is 199 Å². The molecular formula is C21H31F2IN4O3. The van der Waals surface area contributed by atoms with E-state index in [9.17, 15) is 8.78 Å². The van der Waals surface area contributed by atoms with Gasteiger partial charge in [0.15, 0.2) is 5.96 Å². The van der Waals surface area contributed by atoms with Gasteiger partial charge in [0.05, 0.1) is 18.8 Å². The molecule has 0 saturated heterocycles. The molecule has 0 saturated carbocycles. The number of aromatic nitrogens is 1. The summed E-state index contributed by atoms with van der Waals surface area (Å²) in [6, 6.07) is 4.90. The summed E-state index contributed by atoms with van der Waals surface area (Å²) in [6.07, 6.45) is 1.55. The molecule has 10 heteroatoms. The van der Waals surface area contributed by atoms with Crippen LogP contribution in [0.25, 0.3) is 0 Å². The zero-order chi connectivity index (χ0) is 21.9. The zero-order valence-corrected chi connectivity index (χ0v) is 20.7. The van der Waals surface area contributed by atoms with Gasteiger partial charge in [-0.25, -0.2) is 4.99 Å². The molecule has 0 aliphatic rings. The second-order valence-electron chi connectivity index (χ2n) is 6.67. The van der Waals surface area contributed by atoms with Crippen molar-refractivity contribution in [1.29, 1.82) is 0 Å². The van der Waals surface area contributed by atoms with E-state index in [2.05, 4.69) is 25.5 Å². The molecule has 0 fully saturated rings. The highest BCUT2D eigenvalue weighted by molar-refractivity contribution is 14.0.